The monoisotopic (exact) mass is 340 g/mol. The van der Waals surface area contributed by atoms with Crippen molar-refractivity contribution in [1.29, 1.82) is 0 Å². The number of benzene rings is 1. The maximum absolute atomic E-state index is 12.8. The summed E-state index contributed by atoms with van der Waals surface area (Å²) >= 11 is 0. The van der Waals surface area contributed by atoms with E-state index in [2.05, 4.69) is 22.3 Å². The molecule has 0 saturated heterocycles. The number of amides is 1. The van der Waals surface area contributed by atoms with Gasteiger partial charge in [0.25, 0.3) is 0 Å². The molecule has 1 amide bonds. The van der Waals surface area contributed by atoms with Gasteiger partial charge < -0.3 is 15.7 Å². The molecular weight excluding hydrogens is 316 g/mol. The van der Waals surface area contributed by atoms with E-state index in [-0.39, 0.29) is 17.9 Å². The summed E-state index contributed by atoms with van der Waals surface area (Å²) in [6.45, 7) is 1.37. The number of fused-ring (bicyclic) bond motifs is 1. The molecule has 1 aromatic heterocycles. The second kappa shape index (κ2) is 6.61. The normalized spacial score (nSPS) is 26.3. The smallest absolute Gasteiger partial charge is 0.225 e. The van der Waals surface area contributed by atoms with E-state index < -0.39 is 6.10 Å². The number of rotatable bonds is 2. The van der Waals surface area contributed by atoms with Crippen molar-refractivity contribution in [3.8, 4) is 11.3 Å². The Balaban J connectivity index is 1.49. The van der Waals surface area contributed by atoms with E-state index in [0.717, 1.165) is 29.8 Å². The molecule has 6 heteroatoms. The van der Waals surface area contributed by atoms with Crippen molar-refractivity contribution in [3.05, 3.63) is 41.6 Å². The lowest BCUT2D eigenvalue weighted by molar-refractivity contribution is -0.135. The third kappa shape index (κ3) is 3.07. The highest BCUT2D eigenvalue weighted by molar-refractivity contribution is 5.79. The van der Waals surface area contributed by atoms with Gasteiger partial charge in [-0.15, -0.1) is 0 Å². The van der Waals surface area contributed by atoms with E-state index in [9.17, 15) is 9.90 Å². The van der Waals surface area contributed by atoms with Gasteiger partial charge in [-0.05, 0) is 19.3 Å². The third-order valence-electron chi connectivity index (χ3n) is 5.50. The first-order chi connectivity index (χ1) is 12.1. The summed E-state index contributed by atoms with van der Waals surface area (Å²) in [6, 6.07) is 9.87. The van der Waals surface area contributed by atoms with Crippen LogP contribution in [-0.2, 0) is 17.6 Å². The zero-order chi connectivity index (χ0) is 17.4. The maximum atomic E-state index is 12.8. The summed E-state index contributed by atoms with van der Waals surface area (Å²) in [6.07, 6.45) is 2.09. The molecule has 4 N–H and O–H groups in total. The van der Waals surface area contributed by atoms with Gasteiger partial charge in [-0.25, -0.2) is 0 Å². The van der Waals surface area contributed by atoms with Gasteiger partial charge in [0.05, 0.1) is 11.8 Å². The van der Waals surface area contributed by atoms with E-state index >= 15 is 0 Å². The van der Waals surface area contributed by atoms with Gasteiger partial charge in [0.2, 0.25) is 5.91 Å². The van der Waals surface area contributed by atoms with Crippen molar-refractivity contribution in [2.45, 2.75) is 37.8 Å². The van der Waals surface area contributed by atoms with Crippen molar-refractivity contribution in [1.82, 2.24) is 15.1 Å². The number of carbonyl (C=O) groups is 1. The van der Waals surface area contributed by atoms with Crippen molar-refractivity contribution < 1.29 is 9.90 Å². The summed E-state index contributed by atoms with van der Waals surface area (Å²) in [7, 11) is 0. The van der Waals surface area contributed by atoms with Crippen LogP contribution >= 0.6 is 0 Å². The van der Waals surface area contributed by atoms with Crippen molar-refractivity contribution in [2.24, 2.45) is 11.7 Å². The number of aromatic amines is 1. The number of nitrogens with zero attached hydrogens (tertiary/aromatic N) is 2. The molecule has 1 fully saturated rings. The van der Waals surface area contributed by atoms with E-state index in [1.807, 2.05) is 23.1 Å². The molecule has 1 aliphatic carbocycles. The van der Waals surface area contributed by atoms with Crippen LogP contribution in [0.4, 0.5) is 0 Å². The molecule has 2 aliphatic rings. The second-order valence-electron chi connectivity index (χ2n) is 7.12. The molecule has 0 spiro atoms. The Labute approximate surface area is 147 Å². The number of aliphatic hydroxyl groups is 1. The van der Waals surface area contributed by atoms with Crippen LogP contribution in [0.15, 0.2) is 30.3 Å². The predicted molar refractivity (Wildman–Crippen MR) is 94.7 cm³/mol. The average molecular weight is 340 g/mol. The Kier molecular flexibility index (Phi) is 4.31. The summed E-state index contributed by atoms with van der Waals surface area (Å²) in [5.74, 6) is -0.0143. The Hall–Kier alpha value is -2.18. The van der Waals surface area contributed by atoms with Gasteiger partial charge in [0, 0.05) is 48.3 Å². The zero-order valence-electron chi connectivity index (χ0n) is 14.2. The standard InChI is InChI=1S/C19H24N4O2/c20-15-10-13(11-17(15)24)19(25)23-8-6-14-16(7-9-23)21-22-18(14)12-4-2-1-3-5-12/h1-5,13,15,17,24H,6-11,20H2,(H,21,22)/t13-,15-,17-/m0/s1. The minimum Gasteiger partial charge on any atom is -0.391 e. The predicted octanol–water partition coefficient (Wildman–Crippen LogP) is 1.10. The Morgan fingerprint density at radius 3 is 2.68 bits per heavy atom. The number of carbonyl (C=O) groups excluding carboxylic acids is 1. The Morgan fingerprint density at radius 2 is 1.96 bits per heavy atom. The summed E-state index contributed by atoms with van der Waals surface area (Å²) in [5, 5.41) is 17.5. The fraction of sp³-hybridized carbons (Fsp3) is 0.474. The van der Waals surface area contributed by atoms with Gasteiger partial charge in [-0.3, -0.25) is 9.89 Å². The Morgan fingerprint density at radius 1 is 1.20 bits per heavy atom. The number of hydrogen-bond donors (Lipinski definition) is 3. The van der Waals surface area contributed by atoms with Crippen LogP contribution in [0.1, 0.15) is 24.1 Å². The van der Waals surface area contributed by atoms with Crippen LogP contribution in [0.2, 0.25) is 0 Å². The molecule has 1 aliphatic heterocycles. The highest BCUT2D eigenvalue weighted by atomic mass is 16.3. The zero-order valence-corrected chi connectivity index (χ0v) is 14.2. The molecule has 6 nitrogen and oxygen atoms in total. The van der Waals surface area contributed by atoms with E-state index in [0.29, 0.717) is 25.9 Å². The minimum absolute atomic E-state index is 0.131. The lowest BCUT2D eigenvalue weighted by Crippen LogP contribution is -2.37. The number of nitrogens with two attached hydrogens (primary N) is 1. The highest BCUT2D eigenvalue weighted by Crippen LogP contribution is 2.29. The van der Waals surface area contributed by atoms with Gasteiger partial charge >= 0.3 is 0 Å². The molecule has 2 aromatic rings. The van der Waals surface area contributed by atoms with Crippen LogP contribution < -0.4 is 5.73 Å². The minimum atomic E-state index is -0.553. The molecule has 1 saturated carbocycles. The molecule has 1 aromatic carbocycles. The van der Waals surface area contributed by atoms with Gasteiger partial charge in [-0.1, -0.05) is 30.3 Å². The molecule has 0 unspecified atom stereocenters. The molecule has 2 heterocycles. The lowest BCUT2D eigenvalue weighted by atomic mass is 10.0. The molecule has 132 valence electrons. The van der Waals surface area contributed by atoms with Gasteiger partial charge in [0.15, 0.2) is 0 Å². The molecule has 3 atom stereocenters. The van der Waals surface area contributed by atoms with Crippen LogP contribution in [0, 0.1) is 5.92 Å². The topological polar surface area (TPSA) is 95.2 Å². The highest BCUT2D eigenvalue weighted by Gasteiger charge is 2.37. The van der Waals surface area contributed by atoms with Crippen LogP contribution in [-0.4, -0.2) is 51.3 Å². The number of nitrogens with one attached hydrogen (secondary N) is 1. The average Bonchev–Trinajstić information content (AvgIpc) is 3.11. The number of hydrogen-bond acceptors (Lipinski definition) is 4. The van der Waals surface area contributed by atoms with Crippen molar-refractivity contribution in [2.75, 3.05) is 13.1 Å². The van der Waals surface area contributed by atoms with E-state index in [4.69, 9.17) is 5.73 Å². The number of aliphatic hydroxyl groups excluding tert-OH is 1. The number of H-pyrrole nitrogens is 1. The molecule has 25 heavy (non-hydrogen) atoms. The second-order valence-corrected chi connectivity index (χ2v) is 7.12. The quantitative estimate of drug-likeness (QED) is 0.763. The first-order valence-electron chi connectivity index (χ1n) is 8.97. The summed E-state index contributed by atoms with van der Waals surface area (Å²) < 4.78 is 0. The Bertz CT molecular complexity index is 748. The van der Waals surface area contributed by atoms with Gasteiger partial charge in [0.1, 0.15) is 0 Å². The molecule has 4 rings (SSSR count). The molecular formula is C19H24N4O2. The maximum Gasteiger partial charge on any atom is 0.225 e. The molecule has 0 radical (unpaired) electrons. The van der Waals surface area contributed by atoms with E-state index in [1.54, 1.807) is 0 Å². The van der Waals surface area contributed by atoms with Crippen LogP contribution in [0.3, 0.4) is 0 Å². The first kappa shape index (κ1) is 16.3. The fourth-order valence-electron chi connectivity index (χ4n) is 4.05. The lowest BCUT2D eigenvalue weighted by Gasteiger charge is -2.23. The largest absolute Gasteiger partial charge is 0.391 e. The van der Waals surface area contributed by atoms with Crippen molar-refractivity contribution in [3.63, 3.8) is 0 Å². The van der Waals surface area contributed by atoms with Gasteiger partial charge in [-0.2, -0.15) is 5.10 Å². The molecule has 0 bridgehead atoms. The number of aromatic nitrogens is 2. The first-order valence-corrected chi connectivity index (χ1v) is 8.97. The van der Waals surface area contributed by atoms with Crippen molar-refractivity contribution >= 4 is 5.91 Å². The fourth-order valence-corrected chi connectivity index (χ4v) is 4.05. The van der Waals surface area contributed by atoms with E-state index in [1.165, 1.54) is 5.56 Å². The summed E-state index contributed by atoms with van der Waals surface area (Å²) in [5.41, 5.74) is 10.3. The van der Waals surface area contributed by atoms with Crippen LogP contribution in [0.5, 0.6) is 0 Å². The SMILES string of the molecule is N[C@H]1C[C@H](C(=O)N2CCc3[nH]nc(-c4ccccc4)c3CC2)C[C@@H]1O. The summed E-state index contributed by atoms with van der Waals surface area (Å²) in [4.78, 5) is 14.7. The third-order valence-corrected chi connectivity index (χ3v) is 5.50. The van der Waals surface area contributed by atoms with Crippen LogP contribution in [0.25, 0.3) is 11.3 Å².